The molecule has 0 aromatic heterocycles. The quantitative estimate of drug-likeness (QED) is 0.631. The predicted octanol–water partition coefficient (Wildman–Crippen LogP) is 4.86. The Morgan fingerprint density at radius 1 is 1.06 bits per heavy atom. The summed E-state index contributed by atoms with van der Waals surface area (Å²) in [4.78, 5) is 0. The van der Waals surface area contributed by atoms with Crippen LogP contribution in [0.15, 0.2) is 24.3 Å². The van der Waals surface area contributed by atoms with Crippen LogP contribution in [-0.2, 0) is 0 Å². The Kier molecular flexibility index (Phi) is 7.31. The maximum atomic E-state index is 5.65. The first-order chi connectivity index (χ1) is 8.80. The van der Waals surface area contributed by atoms with Crippen molar-refractivity contribution in [3.8, 4) is 5.75 Å². The molecule has 1 rings (SSSR count). The molecule has 0 radical (unpaired) electrons. The Morgan fingerprint density at radius 2 is 1.78 bits per heavy atom. The molecular formula is C16H27NO. The third-order valence-corrected chi connectivity index (χ3v) is 3.12. The Labute approximate surface area is 112 Å². The molecule has 0 fully saturated rings. The second-order valence-corrected chi connectivity index (χ2v) is 4.76. The lowest BCUT2D eigenvalue weighted by Gasteiger charge is -2.17. The highest BCUT2D eigenvalue weighted by Crippen LogP contribution is 2.18. The van der Waals surface area contributed by atoms with Gasteiger partial charge in [-0.05, 0) is 43.5 Å². The number of nitrogens with one attached hydrogen (secondary N) is 1. The van der Waals surface area contributed by atoms with Crippen molar-refractivity contribution in [1.29, 1.82) is 0 Å². The van der Waals surface area contributed by atoms with Crippen molar-refractivity contribution in [2.24, 2.45) is 0 Å². The summed E-state index contributed by atoms with van der Waals surface area (Å²) in [6.45, 7) is 7.45. The molecule has 0 bridgehead atoms. The van der Waals surface area contributed by atoms with E-state index in [-0.39, 0.29) is 0 Å². The van der Waals surface area contributed by atoms with Crippen LogP contribution in [0.2, 0.25) is 0 Å². The SMILES string of the molecule is CCCCOc1ccc(NC(CC)CCC)cc1. The molecule has 1 atom stereocenters. The fourth-order valence-corrected chi connectivity index (χ4v) is 1.94. The molecule has 2 heteroatoms. The molecule has 0 aliphatic heterocycles. The normalized spacial score (nSPS) is 12.2. The fraction of sp³-hybridized carbons (Fsp3) is 0.625. The molecule has 0 spiro atoms. The first-order valence-corrected chi connectivity index (χ1v) is 7.29. The lowest BCUT2D eigenvalue weighted by molar-refractivity contribution is 0.309. The van der Waals surface area contributed by atoms with Gasteiger partial charge in [0.1, 0.15) is 5.75 Å². The number of benzene rings is 1. The van der Waals surface area contributed by atoms with Crippen LogP contribution in [-0.4, -0.2) is 12.6 Å². The van der Waals surface area contributed by atoms with E-state index >= 15 is 0 Å². The van der Waals surface area contributed by atoms with Crippen LogP contribution in [0.3, 0.4) is 0 Å². The molecule has 2 nitrogen and oxygen atoms in total. The van der Waals surface area contributed by atoms with Crippen molar-refractivity contribution in [3.63, 3.8) is 0 Å². The summed E-state index contributed by atoms with van der Waals surface area (Å²) < 4.78 is 5.65. The smallest absolute Gasteiger partial charge is 0.119 e. The van der Waals surface area contributed by atoms with Gasteiger partial charge in [-0.25, -0.2) is 0 Å². The first kappa shape index (κ1) is 14.9. The largest absolute Gasteiger partial charge is 0.494 e. The topological polar surface area (TPSA) is 21.3 Å². The van der Waals surface area contributed by atoms with Crippen LogP contribution in [0.25, 0.3) is 0 Å². The highest BCUT2D eigenvalue weighted by atomic mass is 16.5. The molecule has 0 saturated carbocycles. The van der Waals surface area contributed by atoms with Crippen LogP contribution in [0.5, 0.6) is 5.75 Å². The lowest BCUT2D eigenvalue weighted by Crippen LogP contribution is -2.17. The van der Waals surface area contributed by atoms with E-state index < -0.39 is 0 Å². The molecule has 1 unspecified atom stereocenters. The summed E-state index contributed by atoms with van der Waals surface area (Å²) in [7, 11) is 0. The van der Waals surface area contributed by atoms with Crippen LogP contribution < -0.4 is 10.1 Å². The zero-order valence-electron chi connectivity index (χ0n) is 12.0. The summed E-state index contributed by atoms with van der Waals surface area (Å²) in [6.07, 6.45) is 5.92. The van der Waals surface area contributed by atoms with Crippen LogP contribution >= 0.6 is 0 Å². The Balaban J connectivity index is 2.43. The second-order valence-electron chi connectivity index (χ2n) is 4.76. The van der Waals surface area contributed by atoms with Crippen LogP contribution in [0, 0.1) is 0 Å². The number of unbranched alkanes of at least 4 members (excludes halogenated alkanes) is 1. The van der Waals surface area contributed by atoms with Crippen molar-refractivity contribution < 1.29 is 4.74 Å². The average molecular weight is 249 g/mol. The minimum atomic E-state index is 0.585. The van der Waals surface area contributed by atoms with Crippen LogP contribution in [0.1, 0.15) is 52.9 Å². The van der Waals surface area contributed by atoms with E-state index in [1.165, 1.54) is 31.4 Å². The van der Waals surface area contributed by atoms with E-state index in [0.29, 0.717) is 6.04 Å². The number of hydrogen-bond donors (Lipinski definition) is 1. The van der Waals surface area contributed by atoms with Gasteiger partial charge in [-0.2, -0.15) is 0 Å². The minimum absolute atomic E-state index is 0.585. The van der Waals surface area contributed by atoms with E-state index in [1.807, 2.05) is 0 Å². The Morgan fingerprint density at radius 3 is 2.33 bits per heavy atom. The van der Waals surface area contributed by atoms with E-state index in [4.69, 9.17) is 4.74 Å². The van der Waals surface area contributed by atoms with Crippen molar-refractivity contribution in [2.45, 2.75) is 58.9 Å². The van der Waals surface area contributed by atoms with Gasteiger partial charge in [0.2, 0.25) is 0 Å². The summed E-state index contributed by atoms with van der Waals surface area (Å²) >= 11 is 0. The zero-order chi connectivity index (χ0) is 13.2. The molecule has 1 aromatic carbocycles. The number of ether oxygens (including phenoxy) is 1. The van der Waals surface area contributed by atoms with Gasteiger partial charge in [0.15, 0.2) is 0 Å². The highest BCUT2D eigenvalue weighted by Gasteiger charge is 2.04. The number of rotatable bonds is 9. The molecule has 1 aromatic rings. The van der Waals surface area contributed by atoms with Crippen molar-refractivity contribution in [3.05, 3.63) is 24.3 Å². The highest BCUT2D eigenvalue weighted by molar-refractivity contribution is 5.47. The Hall–Kier alpha value is -1.18. The maximum Gasteiger partial charge on any atom is 0.119 e. The summed E-state index contributed by atoms with van der Waals surface area (Å²) in [6, 6.07) is 8.91. The van der Waals surface area contributed by atoms with Gasteiger partial charge in [-0.3, -0.25) is 0 Å². The summed E-state index contributed by atoms with van der Waals surface area (Å²) in [5.41, 5.74) is 1.19. The van der Waals surface area contributed by atoms with Gasteiger partial charge >= 0.3 is 0 Å². The maximum absolute atomic E-state index is 5.65. The molecular weight excluding hydrogens is 222 g/mol. The van der Waals surface area contributed by atoms with E-state index in [9.17, 15) is 0 Å². The third kappa shape index (κ3) is 5.44. The molecule has 0 aliphatic rings. The molecule has 18 heavy (non-hydrogen) atoms. The first-order valence-electron chi connectivity index (χ1n) is 7.29. The Bertz CT molecular complexity index is 307. The molecule has 0 aliphatic carbocycles. The van der Waals surface area contributed by atoms with Gasteiger partial charge in [-0.15, -0.1) is 0 Å². The third-order valence-electron chi connectivity index (χ3n) is 3.12. The monoisotopic (exact) mass is 249 g/mol. The minimum Gasteiger partial charge on any atom is -0.494 e. The molecule has 0 saturated heterocycles. The molecule has 102 valence electrons. The van der Waals surface area contributed by atoms with Gasteiger partial charge in [0.25, 0.3) is 0 Å². The van der Waals surface area contributed by atoms with E-state index in [2.05, 4.69) is 50.4 Å². The van der Waals surface area contributed by atoms with Crippen molar-refractivity contribution in [1.82, 2.24) is 0 Å². The van der Waals surface area contributed by atoms with Gasteiger partial charge < -0.3 is 10.1 Å². The summed E-state index contributed by atoms with van der Waals surface area (Å²) in [5, 5.41) is 3.57. The molecule has 0 amide bonds. The molecule has 1 N–H and O–H groups in total. The average Bonchev–Trinajstić information content (AvgIpc) is 2.40. The predicted molar refractivity (Wildman–Crippen MR) is 79.5 cm³/mol. The van der Waals surface area contributed by atoms with Crippen molar-refractivity contribution in [2.75, 3.05) is 11.9 Å². The van der Waals surface area contributed by atoms with E-state index in [1.54, 1.807) is 0 Å². The number of hydrogen-bond acceptors (Lipinski definition) is 2. The standard InChI is InChI=1S/C16H27NO/c1-4-7-13-18-16-11-9-15(10-12-16)17-14(6-3)8-5-2/h9-12,14,17H,4-8,13H2,1-3H3. The number of anilines is 1. The van der Waals surface area contributed by atoms with Gasteiger partial charge in [0.05, 0.1) is 6.61 Å². The van der Waals surface area contributed by atoms with E-state index in [0.717, 1.165) is 18.8 Å². The molecule has 0 heterocycles. The van der Waals surface area contributed by atoms with Crippen molar-refractivity contribution >= 4 is 5.69 Å². The second kappa shape index (κ2) is 8.84. The zero-order valence-corrected chi connectivity index (χ0v) is 12.0. The fourth-order valence-electron chi connectivity index (χ4n) is 1.94. The summed E-state index contributed by atoms with van der Waals surface area (Å²) in [5.74, 6) is 0.970. The van der Waals surface area contributed by atoms with Gasteiger partial charge in [0, 0.05) is 11.7 Å². The van der Waals surface area contributed by atoms with Gasteiger partial charge in [-0.1, -0.05) is 33.6 Å². The van der Waals surface area contributed by atoms with Crippen LogP contribution in [0.4, 0.5) is 5.69 Å². The lowest BCUT2D eigenvalue weighted by atomic mass is 10.1.